The fourth-order valence-electron chi connectivity index (χ4n) is 3.89. The fourth-order valence-corrected chi connectivity index (χ4v) is 4.32. The molecule has 4 N–H and O–H groups in total. The van der Waals surface area contributed by atoms with Crippen LogP contribution < -0.4 is 21.3 Å². The minimum absolute atomic E-state index is 0.0588. The molecule has 0 aliphatic carbocycles. The first-order chi connectivity index (χ1) is 17.0. The van der Waals surface area contributed by atoms with E-state index in [9.17, 15) is 9.59 Å². The third kappa shape index (κ3) is 12.4. The van der Waals surface area contributed by atoms with Crippen molar-refractivity contribution in [2.24, 2.45) is 5.92 Å². The SMILES string of the molecule is CCNC(=O)NC1CNCC(N(C)CC(C)C)C1.CSCCCNc1nc(C(C)(C)C)ncc1C=O. The number of aldehydes is 1. The normalized spacial score (nSPS) is 17.8. The van der Waals surface area contributed by atoms with Crippen LogP contribution in [0.15, 0.2) is 6.20 Å². The number of carbonyl (C=O) groups excluding carboxylic acids is 2. The smallest absolute Gasteiger partial charge is 0.315 e. The Morgan fingerprint density at radius 3 is 2.64 bits per heavy atom. The van der Waals surface area contributed by atoms with Crippen LogP contribution in [0.25, 0.3) is 0 Å². The predicted octanol–water partition coefficient (Wildman–Crippen LogP) is 3.38. The molecule has 206 valence electrons. The lowest BCUT2D eigenvalue weighted by atomic mass is 9.95. The minimum atomic E-state index is -0.114. The van der Waals surface area contributed by atoms with Crippen molar-refractivity contribution in [1.82, 2.24) is 30.8 Å². The molecule has 1 aliphatic heterocycles. The van der Waals surface area contributed by atoms with Crippen LogP contribution in [0.5, 0.6) is 0 Å². The lowest BCUT2D eigenvalue weighted by Gasteiger charge is -2.36. The van der Waals surface area contributed by atoms with Crippen molar-refractivity contribution in [3.63, 3.8) is 0 Å². The number of carbonyl (C=O) groups is 2. The molecule has 9 nitrogen and oxygen atoms in total. The van der Waals surface area contributed by atoms with Gasteiger partial charge in [0.05, 0.1) is 5.56 Å². The van der Waals surface area contributed by atoms with Crippen molar-refractivity contribution in [3.8, 4) is 0 Å². The summed E-state index contributed by atoms with van der Waals surface area (Å²) < 4.78 is 0. The average Bonchev–Trinajstić information content (AvgIpc) is 2.81. The highest BCUT2D eigenvalue weighted by atomic mass is 32.2. The summed E-state index contributed by atoms with van der Waals surface area (Å²) >= 11 is 1.81. The monoisotopic (exact) mass is 523 g/mol. The third-order valence-electron chi connectivity index (χ3n) is 5.71. The van der Waals surface area contributed by atoms with Crippen LogP contribution in [-0.2, 0) is 5.41 Å². The van der Waals surface area contributed by atoms with E-state index < -0.39 is 0 Å². The number of nitrogens with one attached hydrogen (secondary N) is 4. The molecule has 2 amide bonds. The average molecular weight is 524 g/mol. The lowest BCUT2D eigenvalue weighted by molar-refractivity contribution is 0.112. The van der Waals surface area contributed by atoms with Crippen molar-refractivity contribution < 1.29 is 9.59 Å². The second-order valence-corrected chi connectivity index (χ2v) is 11.7. The molecule has 36 heavy (non-hydrogen) atoms. The van der Waals surface area contributed by atoms with Gasteiger partial charge < -0.3 is 26.2 Å². The molecule has 1 fully saturated rings. The highest BCUT2D eigenvalue weighted by Crippen LogP contribution is 2.20. The summed E-state index contributed by atoms with van der Waals surface area (Å²) in [5, 5.41) is 12.4. The number of likely N-dealkylation sites (N-methyl/N-ethyl adjacent to an activating group) is 1. The second kappa shape index (κ2) is 16.8. The van der Waals surface area contributed by atoms with E-state index in [1.807, 2.05) is 18.7 Å². The summed E-state index contributed by atoms with van der Waals surface area (Å²) in [4.78, 5) is 33.5. The van der Waals surface area contributed by atoms with Crippen LogP contribution in [0.3, 0.4) is 0 Å². The summed E-state index contributed by atoms with van der Waals surface area (Å²) in [6.07, 6.45) is 6.54. The standard InChI is InChI=1S/C13H28N4O.C13H21N3OS/c1-5-15-13(18)16-11-6-12(8-14-7-11)17(4)9-10(2)3;1-13(2,3)12-15-8-10(9-17)11(16-12)14-6-5-7-18-4/h10-12,14H,5-9H2,1-4H3,(H2,15,16,18);8-9H,5-7H2,1-4H3,(H,14,15,16). The Balaban J connectivity index is 0.000000360. The van der Waals surface area contributed by atoms with Gasteiger partial charge in [0, 0.05) is 56.4 Å². The molecule has 2 unspecified atom stereocenters. The summed E-state index contributed by atoms with van der Waals surface area (Å²) in [6, 6.07) is 0.675. The molecule has 1 aliphatic rings. The number of nitrogens with zero attached hydrogens (tertiary/aromatic N) is 3. The zero-order valence-electron chi connectivity index (χ0n) is 23.6. The zero-order chi connectivity index (χ0) is 27.1. The topological polar surface area (TPSA) is 111 Å². The molecule has 2 heterocycles. The van der Waals surface area contributed by atoms with Crippen molar-refractivity contribution in [3.05, 3.63) is 17.6 Å². The van der Waals surface area contributed by atoms with Crippen molar-refractivity contribution in [2.75, 3.05) is 57.1 Å². The number of urea groups is 1. The van der Waals surface area contributed by atoms with Gasteiger partial charge in [-0.3, -0.25) is 4.79 Å². The quantitative estimate of drug-likeness (QED) is 0.258. The Labute approximate surface area is 222 Å². The Hall–Kier alpha value is -1.91. The van der Waals surface area contributed by atoms with Crippen molar-refractivity contribution in [2.45, 2.75) is 71.9 Å². The summed E-state index contributed by atoms with van der Waals surface area (Å²) in [7, 11) is 2.17. The van der Waals surface area contributed by atoms with E-state index in [2.05, 4.69) is 84.1 Å². The third-order valence-corrected chi connectivity index (χ3v) is 6.41. The minimum Gasteiger partial charge on any atom is -0.369 e. The molecular weight excluding hydrogens is 474 g/mol. The van der Waals surface area contributed by atoms with E-state index in [0.717, 1.165) is 56.9 Å². The van der Waals surface area contributed by atoms with E-state index in [1.54, 1.807) is 6.20 Å². The number of amides is 2. The van der Waals surface area contributed by atoms with Gasteiger partial charge in [0.15, 0.2) is 6.29 Å². The van der Waals surface area contributed by atoms with Crippen LogP contribution in [0.4, 0.5) is 10.6 Å². The van der Waals surface area contributed by atoms with Gasteiger partial charge in [-0.15, -0.1) is 0 Å². The Morgan fingerprint density at radius 2 is 2.06 bits per heavy atom. The number of rotatable bonds is 11. The highest BCUT2D eigenvalue weighted by molar-refractivity contribution is 7.98. The second-order valence-electron chi connectivity index (χ2n) is 10.7. The lowest BCUT2D eigenvalue weighted by Crippen LogP contribution is -2.56. The predicted molar refractivity (Wildman–Crippen MR) is 152 cm³/mol. The van der Waals surface area contributed by atoms with Crippen molar-refractivity contribution in [1.29, 1.82) is 0 Å². The molecule has 0 bridgehead atoms. The van der Waals surface area contributed by atoms with Crippen LogP contribution in [0, 0.1) is 5.92 Å². The number of thioether (sulfide) groups is 1. The molecular formula is C26H49N7O2S. The van der Waals surface area contributed by atoms with E-state index >= 15 is 0 Å². The van der Waals surface area contributed by atoms with Crippen LogP contribution in [0.2, 0.25) is 0 Å². The summed E-state index contributed by atoms with van der Waals surface area (Å²) in [5.41, 5.74) is 0.407. The number of hydrogen-bond acceptors (Lipinski definition) is 8. The Bertz CT molecular complexity index is 786. The van der Waals surface area contributed by atoms with Crippen LogP contribution >= 0.6 is 11.8 Å². The molecule has 2 rings (SSSR count). The molecule has 1 aromatic heterocycles. The number of piperidine rings is 1. The fraction of sp³-hybridized carbons (Fsp3) is 0.769. The first kappa shape index (κ1) is 32.1. The van der Waals surface area contributed by atoms with E-state index in [-0.39, 0.29) is 17.5 Å². The van der Waals surface area contributed by atoms with Gasteiger partial charge in [-0.05, 0) is 44.7 Å². The molecule has 0 saturated carbocycles. The molecule has 0 radical (unpaired) electrons. The number of anilines is 1. The van der Waals surface area contributed by atoms with Crippen LogP contribution in [-0.4, -0.2) is 91.0 Å². The maximum atomic E-state index is 11.5. The summed E-state index contributed by atoms with van der Waals surface area (Å²) in [6.45, 7) is 17.0. The molecule has 2 atom stereocenters. The molecule has 0 spiro atoms. The number of hydrogen-bond donors (Lipinski definition) is 4. The molecule has 10 heteroatoms. The Morgan fingerprint density at radius 1 is 1.33 bits per heavy atom. The Kier molecular flexibility index (Phi) is 15.0. The van der Waals surface area contributed by atoms with Crippen molar-refractivity contribution >= 4 is 29.9 Å². The van der Waals surface area contributed by atoms with Gasteiger partial charge in [-0.25, -0.2) is 14.8 Å². The van der Waals surface area contributed by atoms with E-state index in [1.165, 1.54) is 0 Å². The first-order valence-electron chi connectivity index (χ1n) is 13.0. The molecule has 0 aromatic carbocycles. The van der Waals surface area contributed by atoms with E-state index in [0.29, 0.717) is 29.9 Å². The molecule has 1 aromatic rings. The maximum Gasteiger partial charge on any atom is 0.315 e. The van der Waals surface area contributed by atoms with Gasteiger partial charge in [0.2, 0.25) is 0 Å². The van der Waals surface area contributed by atoms with E-state index in [4.69, 9.17) is 0 Å². The van der Waals surface area contributed by atoms with Gasteiger partial charge in [0.1, 0.15) is 11.6 Å². The summed E-state index contributed by atoms with van der Waals surface area (Å²) in [5.74, 6) is 3.17. The molecule has 1 saturated heterocycles. The van der Waals surface area contributed by atoms with Gasteiger partial charge in [0.25, 0.3) is 0 Å². The first-order valence-corrected chi connectivity index (χ1v) is 14.4. The zero-order valence-corrected chi connectivity index (χ0v) is 24.4. The van der Waals surface area contributed by atoms with Gasteiger partial charge >= 0.3 is 6.03 Å². The number of aromatic nitrogens is 2. The maximum absolute atomic E-state index is 11.5. The van der Waals surface area contributed by atoms with Gasteiger partial charge in [-0.1, -0.05) is 34.6 Å². The highest BCUT2D eigenvalue weighted by Gasteiger charge is 2.25. The van der Waals surface area contributed by atoms with Crippen LogP contribution in [0.1, 0.15) is 70.6 Å². The van der Waals surface area contributed by atoms with Gasteiger partial charge in [-0.2, -0.15) is 11.8 Å². The largest absolute Gasteiger partial charge is 0.369 e.